The lowest BCUT2D eigenvalue weighted by Crippen LogP contribution is -2.50. The van der Waals surface area contributed by atoms with Crippen molar-refractivity contribution in [1.29, 1.82) is 0 Å². The summed E-state index contributed by atoms with van der Waals surface area (Å²) >= 11 is 0. The number of nitrogens with zero attached hydrogens (tertiary/aromatic N) is 1. The first-order chi connectivity index (χ1) is 13.0. The SMILES string of the molecule is NC(=O)NC(=O)COC(=O)C1Cc2ccccc2CN1C(=O)c1ccco1. The highest BCUT2D eigenvalue weighted by atomic mass is 16.5. The molecule has 1 aliphatic heterocycles. The molecule has 1 aromatic heterocycles. The van der Waals surface area contributed by atoms with Gasteiger partial charge in [0.25, 0.3) is 11.8 Å². The predicted molar refractivity (Wildman–Crippen MR) is 91.2 cm³/mol. The summed E-state index contributed by atoms with van der Waals surface area (Å²) in [5.41, 5.74) is 6.65. The lowest BCUT2D eigenvalue weighted by Gasteiger charge is -2.34. The molecule has 0 fully saturated rings. The quantitative estimate of drug-likeness (QED) is 0.756. The smallest absolute Gasteiger partial charge is 0.329 e. The molecule has 27 heavy (non-hydrogen) atoms. The normalized spacial score (nSPS) is 15.6. The van der Waals surface area contributed by atoms with E-state index < -0.39 is 36.5 Å². The molecule has 1 atom stereocenters. The molecule has 1 aromatic carbocycles. The molecule has 0 saturated heterocycles. The molecular weight excluding hydrogens is 354 g/mol. The Labute approximate surface area is 154 Å². The number of hydrogen-bond acceptors (Lipinski definition) is 6. The van der Waals surface area contributed by atoms with Crippen LogP contribution in [0.25, 0.3) is 0 Å². The minimum atomic E-state index is -1.04. The number of urea groups is 1. The van der Waals surface area contributed by atoms with Crippen molar-refractivity contribution in [3.05, 3.63) is 59.5 Å². The number of primary amides is 1. The monoisotopic (exact) mass is 371 g/mol. The summed E-state index contributed by atoms with van der Waals surface area (Å²) in [5.74, 6) is -1.98. The Kier molecular flexibility index (Phi) is 5.20. The first-order valence-corrected chi connectivity index (χ1v) is 8.13. The second-order valence-corrected chi connectivity index (χ2v) is 5.92. The molecule has 9 nitrogen and oxygen atoms in total. The van der Waals surface area contributed by atoms with Gasteiger partial charge in [0, 0.05) is 13.0 Å². The molecule has 0 spiro atoms. The molecule has 1 aliphatic rings. The molecule has 0 aliphatic carbocycles. The van der Waals surface area contributed by atoms with Gasteiger partial charge in [0.1, 0.15) is 6.04 Å². The van der Waals surface area contributed by atoms with Crippen LogP contribution in [0.4, 0.5) is 4.79 Å². The van der Waals surface area contributed by atoms with E-state index in [1.54, 1.807) is 11.4 Å². The van der Waals surface area contributed by atoms with Gasteiger partial charge < -0.3 is 19.8 Å². The van der Waals surface area contributed by atoms with Gasteiger partial charge in [-0.1, -0.05) is 24.3 Å². The second kappa shape index (κ2) is 7.73. The number of benzene rings is 1. The van der Waals surface area contributed by atoms with Crippen molar-refractivity contribution in [3.8, 4) is 0 Å². The van der Waals surface area contributed by atoms with Crippen LogP contribution in [-0.2, 0) is 27.3 Å². The fourth-order valence-corrected chi connectivity index (χ4v) is 2.90. The molecule has 140 valence electrons. The number of hydrogen-bond donors (Lipinski definition) is 2. The van der Waals surface area contributed by atoms with Crippen molar-refractivity contribution in [1.82, 2.24) is 10.2 Å². The van der Waals surface area contributed by atoms with E-state index in [9.17, 15) is 19.2 Å². The van der Waals surface area contributed by atoms with Gasteiger partial charge in [-0.15, -0.1) is 0 Å². The van der Waals surface area contributed by atoms with Gasteiger partial charge in [-0.25, -0.2) is 9.59 Å². The topological polar surface area (TPSA) is 132 Å². The maximum absolute atomic E-state index is 12.8. The van der Waals surface area contributed by atoms with Crippen molar-refractivity contribution >= 4 is 23.8 Å². The van der Waals surface area contributed by atoms with Gasteiger partial charge >= 0.3 is 12.0 Å². The predicted octanol–water partition coefficient (Wildman–Crippen LogP) is 0.585. The Morgan fingerprint density at radius 3 is 2.56 bits per heavy atom. The number of rotatable bonds is 4. The van der Waals surface area contributed by atoms with Gasteiger partial charge in [0.2, 0.25) is 0 Å². The van der Waals surface area contributed by atoms with E-state index in [4.69, 9.17) is 14.9 Å². The number of fused-ring (bicyclic) bond motifs is 1. The molecule has 0 radical (unpaired) electrons. The molecule has 0 bridgehead atoms. The molecule has 3 rings (SSSR count). The molecule has 2 aromatic rings. The standard InChI is InChI=1S/C18H17N3O6/c19-18(25)20-15(22)10-27-17(24)13-8-11-4-1-2-5-12(11)9-21(13)16(23)14-6-3-7-26-14/h1-7,13H,8-10H2,(H3,19,20,22,25). The third kappa shape index (κ3) is 4.14. The maximum atomic E-state index is 12.8. The number of nitrogens with two attached hydrogens (primary N) is 1. The van der Waals surface area contributed by atoms with E-state index in [0.29, 0.717) is 0 Å². The Morgan fingerprint density at radius 2 is 1.89 bits per heavy atom. The number of furan rings is 1. The number of carbonyl (C=O) groups excluding carboxylic acids is 4. The first-order valence-electron chi connectivity index (χ1n) is 8.13. The molecule has 0 saturated carbocycles. The van der Waals surface area contributed by atoms with Crippen molar-refractivity contribution in [2.24, 2.45) is 5.73 Å². The van der Waals surface area contributed by atoms with E-state index in [1.165, 1.54) is 17.2 Å². The maximum Gasteiger partial charge on any atom is 0.329 e. The number of carbonyl (C=O) groups is 4. The minimum absolute atomic E-state index is 0.0960. The fraction of sp³-hybridized carbons (Fsp3) is 0.222. The number of nitrogens with one attached hydrogen (secondary N) is 1. The van der Waals surface area contributed by atoms with Crippen LogP contribution in [0.3, 0.4) is 0 Å². The van der Waals surface area contributed by atoms with Crippen LogP contribution in [0.1, 0.15) is 21.7 Å². The van der Waals surface area contributed by atoms with Crippen molar-refractivity contribution in [3.63, 3.8) is 0 Å². The number of imide groups is 1. The van der Waals surface area contributed by atoms with Gasteiger partial charge in [-0.05, 0) is 23.3 Å². The average molecular weight is 371 g/mol. The summed E-state index contributed by atoms with van der Waals surface area (Å²) < 4.78 is 10.1. The third-order valence-corrected chi connectivity index (χ3v) is 4.12. The molecule has 1 unspecified atom stereocenters. The highest BCUT2D eigenvalue weighted by molar-refractivity contribution is 5.96. The van der Waals surface area contributed by atoms with Crippen LogP contribution < -0.4 is 11.1 Å². The largest absolute Gasteiger partial charge is 0.459 e. The van der Waals surface area contributed by atoms with Crippen LogP contribution in [0, 0.1) is 0 Å². The van der Waals surface area contributed by atoms with Crippen LogP contribution in [0.2, 0.25) is 0 Å². The summed E-state index contributed by atoms with van der Waals surface area (Å²) in [6, 6.07) is 8.53. The summed E-state index contributed by atoms with van der Waals surface area (Å²) in [4.78, 5) is 48.7. The van der Waals surface area contributed by atoms with E-state index >= 15 is 0 Å². The molecule has 2 heterocycles. The zero-order valence-corrected chi connectivity index (χ0v) is 14.2. The highest BCUT2D eigenvalue weighted by Gasteiger charge is 2.37. The Morgan fingerprint density at radius 1 is 1.15 bits per heavy atom. The average Bonchev–Trinajstić information content (AvgIpc) is 3.18. The zero-order valence-electron chi connectivity index (χ0n) is 14.2. The van der Waals surface area contributed by atoms with E-state index in [1.807, 2.05) is 24.3 Å². The number of amides is 4. The van der Waals surface area contributed by atoms with Gasteiger partial charge in [-0.2, -0.15) is 0 Å². The molecule has 9 heteroatoms. The summed E-state index contributed by atoms with van der Waals surface area (Å²) in [7, 11) is 0. The Bertz CT molecular complexity index is 877. The summed E-state index contributed by atoms with van der Waals surface area (Å²) in [6.07, 6.45) is 1.60. The van der Waals surface area contributed by atoms with Crippen molar-refractivity contribution in [2.75, 3.05) is 6.61 Å². The van der Waals surface area contributed by atoms with E-state index in [0.717, 1.165) is 11.1 Å². The summed E-state index contributed by atoms with van der Waals surface area (Å²) in [5, 5.41) is 1.80. The van der Waals surface area contributed by atoms with Crippen LogP contribution in [-0.4, -0.2) is 41.4 Å². The van der Waals surface area contributed by atoms with Crippen LogP contribution in [0.15, 0.2) is 47.1 Å². The highest BCUT2D eigenvalue weighted by Crippen LogP contribution is 2.26. The Balaban J connectivity index is 1.79. The Hall–Kier alpha value is -3.62. The van der Waals surface area contributed by atoms with Gasteiger partial charge in [-0.3, -0.25) is 14.9 Å². The lowest BCUT2D eigenvalue weighted by molar-refractivity contribution is -0.153. The first kappa shape index (κ1) is 18.2. The van der Waals surface area contributed by atoms with Crippen molar-refractivity contribution < 1.29 is 28.3 Å². The van der Waals surface area contributed by atoms with Crippen LogP contribution in [0.5, 0.6) is 0 Å². The molecule has 3 N–H and O–H groups in total. The second-order valence-electron chi connectivity index (χ2n) is 5.92. The van der Waals surface area contributed by atoms with Gasteiger partial charge in [0.05, 0.1) is 6.26 Å². The minimum Gasteiger partial charge on any atom is -0.459 e. The van der Waals surface area contributed by atoms with E-state index in [-0.39, 0.29) is 18.7 Å². The fourth-order valence-electron chi connectivity index (χ4n) is 2.90. The summed E-state index contributed by atoms with van der Waals surface area (Å²) in [6.45, 7) is -0.480. The third-order valence-electron chi connectivity index (χ3n) is 4.12. The number of ether oxygens (including phenoxy) is 1. The van der Waals surface area contributed by atoms with Gasteiger partial charge in [0.15, 0.2) is 12.4 Å². The number of esters is 1. The zero-order chi connectivity index (χ0) is 19.4. The van der Waals surface area contributed by atoms with Crippen molar-refractivity contribution in [2.45, 2.75) is 19.0 Å². The lowest BCUT2D eigenvalue weighted by atomic mass is 9.93. The molecule has 4 amide bonds. The van der Waals surface area contributed by atoms with E-state index in [2.05, 4.69) is 0 Å². The molecular formula is C18H17N3O6. The van der Waals surface area contributed by atoms with Crippen LogP contribution >= 0.6 is 0 Å².